The van der Waals surface area contributed by atoms with E-state index in [2.05, 4.69) is 113 Å². The summed E-state index contributed by atoms with van der Waals surface area (Å²) in [4.78, 5) is 0. The first kappa shape index (κ1) is 22.1. The van der Waals surface area contributed by atoms with Crippen LogP contribution in [0.5, 0.6) is 0 Å². The molecule has 0 amide bonds. The van der Waals surface area contributed by atoms with Crippen molar-refractivity contribution in [2.45, 2.75) is 20.8 Å². The number of hydrogen-bond acceptors (Lipinski definition) is 0. The molecule has 3 aromatic carbocycles. The third kappa shape index (κ3) is 4.44. The van der Waals surface area contributed by atoms with Gasteiger partial charge in [0.25, 0.3) is 0 Å². The minimum Gasteiger partial charge on any atom is -0.0985 e. The molecule has 0 spiro atoms. The van der Waals surface area contributed by atoms with Crippen LogP contribution in [0.1, 0.15) is 48.6 Å². The molecule has 0 aliphatic heterocycles. The second kappa shape index (κ2) is 9.91. The second-order valence-electron chi connectivity index (χ2n) is 7.66. The number of rotatable bonds is 7. The molecule has 0 heteroatoms. The van der Waals surface area contributed by atoms with E-state index in [1.54, 1.807) is 0 Å². The molecule has 0 nitrogen and oxygen atoms in total. The Bertz CT molecular complexity index is 1230. The lowest BCUT2D eigenvalue weighted by Gasteiger charge is -2.17. The molecular formula is C31H30. The summed E-state index contributed by atoms with van der Waals surface area (Å²) >= 11 is 0. The number of benzene rings is 3. The molecule has 0 saturated carbocycles. The average molecular weight is 403 g/mol. The van der Waals surface area contributed by atoms with Gasteiger partial charge in [0, 0.05) is 0 Å². The van der Waals surface area contributed by atoms with Crippen molar-refractivity contribution >= 4 is 40.6 Å². The first-order chi connectivity index (χ1) is 15.0. The first-order valence-electron chi connectivity index (χ1n) is 10.6. The maximum absolute atomic E-state index is 4.11. The van der Waals surface area contributed by atoms with E-state index in [1.165, 1.54) is 21.9 Å². The van der Waals surface area contributed by atoms with Crippen molar-refractivity contribution in [3.8, 4) is 0 Å². The third-order valence-corrected chi connectivity index (χ3v) is 5.61. The lowest BCUT2D eigenvalue weighted by molar-refractivity contribution is 1.34. The quantitative estimate of drug-likeness (QED) is 0.273. The van der Waals surface area contributed by atoms with E-state index in [9.17, 15) is 0 Å². The van der Waals surface area contributed by atoms with Crippen LogP contribution in [-0.4, -0.2) is 0 Å². The highest BCUT2D eigenvalue weighted by Gasteiger charge is 2.13. The van der Waals surface area contributed by atoms with Crippen LogP contribution < -0.4 is 0 Å². The van der Waals surface area contributed by atoms with Crippen molar-refractivity contribution in [2.75, 3.05) is 0 Å². The van der Waals surface area contributed by atoms with Crippen LogP contribution >= 0.6 is 0 Å². The summed E-state index contributed by atoms with van der Waals surface area (Å²) in [6.07, 6.45) is 12.3. The van der Waals surface area contributed by atoms with E-state index in [0.717, 1.165) is 33.4 Å². The molecule has 0 heterocycles. The summed E-state index contributed by atoms with van der Waals surface area (Å²) in [6.45, 7) is 18.5. The fraction of sp³-hybridized carbons (Fsp3) is 0.0968. The standard InChI is InChI=1S/C31H30/c1-7-26(22(5)6)28(9-3)31-21-20-25(27(8-2)29(31)10-4)19-18-24-16-13-15-23-14-11-12-17-30(23)24/h7-21H,1-2,4H2,3,5-6H3. The van der Waals surface area contributed by atoms with Gasteiger partial charge in [-0.15, -0.1) is 0 Å². The van der Waals surface area contributed by atoms with Gasteiger partial charge in [0.15, 0.2) is 0 Å². The molecule has 154 valence electrons. The molecule has 0 unspecified atom stereocenters. The van der Waals surface area contributed by atoms with Crippen molar-refractivity contribution in [3.63, 3.8) is 0 Å². The Kier molecular flexibility index (Phi) is 7.05. The first-order valence-corrected chi connectivity index (χ1v) is 10.6. The van der Waals surface area contributed by atoms with Gasteiger partial charge in [-0.1, -0.05) is 116 Å². The second-order valence-corrected chi connectivity index (χ2v) is 7.66. The van der Waals surface area contributed by atoms with Crippen LogP contribution in [0.3, 0.4) is 0 Å². The van der Waals surface area contributed by atoms with E-state index >= 15 is 0 Å². The molecule has 0 saturated heterocycles. The lowest BCUT2D eigenvalue weighted by atomic mass is 9.87. The van der Waals surface area contributed by atoms with Crippen molar-refractivity contribution in [1.82, 2.24) is 0 Å². The van der Waals surface area contributed by atoms with E-state index in [1.807, 2.05) is 18.2 Å². The number of hydrogen-bond donors (Lipinski definition) is 0. The zero-order valence-electron chi connectivity index (χ0n) is 18.8. The summed E-state index contributed by atoms with van der Waals surface area (Å²) in [5.41, 5.74) is 9.19. The van der Waals surface area contributed by atoms with Gasteiger partial charge < -0.3 is 0 Å². The molecule has 0 radical (unpaired) electrons. The minimum absolute atomic E-state index is 1.08. The maximum Gasteiger partial charge on any atom is -0.0103 e. The molecule has 0 N–H and O–H groups in total. The zero-order chi connectivity index (χ0) is 22.4. The summed E-state index contributed by atoms with van der Waals surface area (Å²) in [7, 11) is 0. The Morgan fingerprint density at radius 1 is 0.742 bits per heavy atom. The topological polar surface area (TPSA) is 0 Å². The molecule has 0 atom stereocenters. The lowest BCUT2D eigenvalue weighted by Crippen LogP contribution is -1.97. The molecular weight excluding hydrogens is 372 g/mol. The van der Waals surface area contributed by atoms with Gasteiger partial charge in [0.1, 0.15) is 0 Å². The highest BCUT2D eigenvalue weighted by Crippen LogP contribution is 2.34. The average Bonchev–Trinajstić information content (AvgIpc) is 2.80. The highest BCUT2D eigenvalue weighted by atomic mass is 14.2. The SMILES string of the molecule is C=CC(C(=CC)c1ccc(C=Cc2cccc3ccccc23)c(C=C)c1C=C)=C(C)C. The van der Waals surface area contributed by atoms with Gasteiger partial charge in [0.2, 0.25) is 0 Å². The maximum atomic E-state index is 4.11. The molecule has 0 aliphatic rings. The monoisotopic (exact) mass is 402 g/mol. The fourth-order valence-electron chi connectivity index (χ4n) is 4.10. The van der Waals surface area contributed by atoms with Crippen molar-refractivity contribution in [3.05, 3.63) is 125 Å². The minimum atomic E-state index is 1.08. The smallest absolute Gasteiger partial charge is 0.0103 e. The summed E-state index contributed by atoms with van der Waals surface area (Å²) in [5.74, 6) is 0. The van der Waals surface area contributed by atoms with Crippen LogP contribution in [0.4, 0.5) is 0 Å². The Morgan fingerprint density at radius 2 is 1.42 bits per heavy atom. The van der Waals surface area contributed by atoms with E-state index < -0.39 is 0 Å². The van der Waals surface area contributed by atoms with Crippen LogP contribution in [0.25, 0.3) is 40.6 Å². The zero-order valence-corrected chi connectivity index (χ0v) is 18.8. The highest BCUT2D eigenvalue weighted by molar-refractivity contribution is 5.94. The molecule has 31 heavy (non-hydrogen) atoms. The van der Waals surface area contributed by atoms with Gasteiger partial charge in [-0.3, -0.25) is 0 Å². The summed E-state index contributed by atoms with van der Waals surface area (Å²) in [5, 5.41) is 2.49. The van der Waals surface area contributed by atoms with Gasteiger partial charge in [-0.05, 0) is 70.5 Å². The largest absolute Gasteiger partial charge is 0.0985 e. The van der Waals surface area contributed by atoms with Crippen molar-refractivity contribution < 1.29 is 0 Å². The van der Waals surface area contributed by atoms with Gasteiger partial charge in [-0.2, -0.15) is 0 Å². The molecule has 0 aliphatic carbocycles. The van der Waals surface area contributed by atoms with E-state index in [4.69, 9.17) is 0 Å². The number of allylic oxidation sites excluding steroid dienone is 5. The molecule has 0 bridgehead atoms. The van der Waals surface area contributed by atoms with Gasteiger partial charge in [0.05, 0.1) is 0 Å². The van der Waals surface area contributed by atoms with Gasteiger partial charge in [-0.25, -0.2) is 0 Å². The summed E-state index contributed by atoms with van der Waals surface area (Å²) < 4.78 is 0. The van der Waals surface area contributed by atoms with Gasteiger partial charge >= 0.3 is 0 Å². The Balaban J connectivity index is 2.14. The summed E-state index contributed by atoms with van der Waals surface area (Å²) in [6, 6.07) is 19.2. The van der Waals surface area contributed by atoms with Crippen LogP contribution in [-0.2, 0) is 0 Å². The van der Waals surface area contributed by atoms with Crippen LogP contribution in [0.2, 0.25) is 0 Å². The van der Waals surface area contributed by atoms with Crippen molar-refractivity contribution in [2.24, 2.45) is 0 Å². The molecule has 0 fully saturated rings. The predicted molar refractivity (Wildman–Crippen MR) is 142 cm³/mol. The third-order valence-electron chi connectivity index (χ3n) is 5.61. The Labute approximate surface area is 187 Å². The van der Waals surface area contributed by atoms with Crippen LogP contribution in [0, 0.1) is 0 Å². The fourth-order valence-corrected chi connectivity index (χ4v) is 4.10. The normalized spacial score (nSPS) is 11.5. The van der Waals surface area contributed by atoms with E-state index in [0.29, 0.717) is 0 Å². The number of fused-ring (bicyclic) bond motifs is 1. The predicted octanol–water partition coefficient (Wildman–Crippen LogP) is 9.22. The Morgan fingerprint density at radius 3 is 2.06 bits per heavy atom. The molecule has 3 aromatic rings. The molecule has 0 aromatic heterocycles. The van der Waals surface area contributed by atoms with Crippen molar-refractivity contribution in [1.29, 1.82) is 0 Å². The van der Waals surface area contributed by atoms with Crippen LogP contribution in [0.15, 0.2) is 97.6 Å². The van der Waals surface area contributed by atoms with E-state index in [-0.39, 0.29) is 0 Å². The Hall–Kier alpha value is -3.64. The molecule has 3 rings (SSSR count).